The highest BCUT2D eigenvalue weighted by atomic mass is 79.9. The molecule has 0 atom stereocenters. The van der Waals surface area contributed by atoms with Crippen LogP contribution in [0.15, 0.2) is 35.3 Å². The minimum atomic E-state index is -0.951. The van der Waals surface area contributed by atoms with Crippen LogP contribution in [-0.4, -0.2) is 17.7 Å². The van der Waals surface area contributed by atoms with Gasteiger partial charge in [-0.05, 0) is 40.5 Å². The second-order valence-corrected chi connectivity index (χ2v) is 3.73. The second kappa shape index (κ2) is 5.56. The van der Waals surface area contributed by atoms with E-state index in [2.05, 4.69) is 22.5 Å². The molecule has 4 heteroatoms. The summed E-state index contributed by atoms with van der Waals surface area (Å²) in [7, 11) is 0. The lowest BCUT2D eigenvalue weighted by Crippen LogP contribution is -1.99. The standard InChI is InChI=1S/C11H11BrO3/c1-2-3-6-15-10-5-4-8(11(13)14)7-9(10)12/h2,4-5,7H,1,3,6H2,(H,13,14). The summed E-state index contributed by atoms with van der Waals surface area (Å²) in [6, 6.07) is 4.67. The predicted octanol–water partition coefficient (Wildman–Crippen LogP) is 3.10. The Balaban J connectivity index is 2.74. The van der Waals surface area contributed by atoms with Crippen molar-refractivity contribution in [1.82, 2.24) is 0 Å². The zero-order chi connectivity index (χ0) is 11.3. The van der Waals surface area contributed by atoms with Crippen molar-refractivity contribution in [3.63, 3.8) is 0 Å². The van der Waals surface area contributed by atoms with Crippen LogP contribution in [0.25, 0.3) is 0 Å². The Hall–Kier alpha value is -1.29. The minimum Gasteiger partial charge on any atom is -0.492 e. The normalized spacial score (nSPS) is 9.67. The van der Waals surface area contributed by atoms with Crippen LogP contribution in [-0.2, 0) is 0 Å². The Kier molecular flexibility index (Phi) is 4.37. The van der Waals surface area contributed by atoms with Crippen molar-refractivity contribution in [3.05, 3.63) is 40.9 Å². The number of carboxylic acid groups (broad SMARTS) is 1. The van der Waals surface area contributed by atoms with Crippen LogP contribution >= 0.6 is 15.9 Å². The van der Waals surface area contributed by atoms with Gasteiger partial charge in [-0.15, -0.1) is 6.58 Å². The lowest BCUT2D eigenvalue weighted by molar-refractivity contribution is 0.0697. The fraction of sp³-hybridized carbons (Fsp3) is 0.182. The zero-order valence-electron chi connectivity index (χ0n) is 8.07. The van der Waals surface area contributed by atoms with Gasteiger partial charge in [0.05, 0.1) is 16.6 Å². The van der Waals surface area contributed by atoms with E-state index in [4.69, 9.17) is 9.84 Å². The number of ether oxygens (including phenoxy) is 1. The Morgan fingerprint density at radius 3 is 2.87 bits per heavy atom. The van der Waals surface area contributed by atoms with Crippen LogP contribution < -0.4 is 4.74 Å². The minimum absolute atomic E-state index is 0.234. The molecular formula is C11H11BrO3. The number of carbonyl (C=O) groups is 1. The average molecular weight is 271 g/mol. The van der Waals surface area contributed by atoms with Gasteiger partial charge in [-0.2, -0.15) is 0 Å². The first-order chi connectivity index (χ1) is 7.15. The number of carboxylic acids is 1. The predicted molar refractivity (Wildman–Crippen MR) is 61.4 cm³/mol. The van der Waals surface area contributed by atoms with Crippen molar-refractivity contribution in [2.75, 3.05) is 6.61 Å². The van der Waals surface area contributed by atoms with E-state index in [0.717, 1.165) is 6.42 Å². The maximum absolute atomic E-state index is 10.6. The first-order valence-corrected chi connectivity index (χ1v) is 5.21. The van der Waals surface area contributed by atoms with Gasteiger partial charge in [-0.3, -0.25) is 0 Å². The topological polar surface area (TPSA) is 46.5 Å². The van der Waals surface area contributed by atoms with E-state index in [0.29, 0.717) is 16.8 Å². The summed E-state index contributed by atoms with van der Waals surface area (Å²) in [5.41, 5.74) is 0.234. The average Bonchev–Trinajstić information content (AvgIpc) is 2.20. The SMILES string of the molecule is C=CCCOc1ccc(C(=O)O)cc1Br. The third-order valence-corrected chi connectivity index (χ3v) is 2.38. The van der Waals surface area contributed by atoms with Gasteiger partial charge in [-0.25, -0.2) is 4.79 Å². The zero-order valence-corrected chi connectivity index (χ0v) is 9.66. The summed E-state index contributed by atoms with van der Waals surface area (Å²) < 4.78 is 6.05. The Morgan fingerprint density at radius 1 is 1.60 bits per heavy atom. The Bertz CT molecular complexity index is 374. The highest BCUT2D eigenvalue weighted by Gasteiger charge is 2.06. The highest BCUT2D eigenvalue weighted by molar-refractivity contribution is 9.10. The monoisotopic (exact) mass is 270 g/mol. The van der Waals surface area contributed by atoms with Gasteiger partial charge < -0.3 is 9.84 Å². The molecule has 1 rings (SSSR count). The third-order valence-electron chi connectivity index (χ3n) is 1.76. The van der Waals surface area contributed by atoms with Crippen molar-refractivity contribution in [2.45, 2.75) is 6.42 Å². The van der Waals surface area contributed by atoms with E-state index in [1.807, 2.05) is 0 Å². The van der Waals surface area contributed by atoms with Crippen molar-refractivity contribution >= 4 is 21.9 Å². The molecule has 0 saturated carbocycles. The number of rotatable bonds is 5. The summed E-state index contributed by atoms with van der Waals surface area (Å²) in [4.78, 5) is 10.6. The van der Waals surface area contributed by atoms with Crippen molar-refractivity contribution in [2.24, 2.45) is 0 Å². The highest BCUT2D eigenvalue weighted by Crippen LogP contribution is 2.26. The van der Waals surface area contributed by atoms with Gasteiger partial charge >= 0.3 is 5.97 Å². The maximum Gasteiger partial charge on any atom is 0.335 e. The molecule has 0 bridgehead atoms. The van der Waals surface area contributed by atoms with E-state index in [-0.39, 0.29) is 5.56 Å². The van der Waals surface area contributed by atoms with Gasteiger partial charge in [0.15, 0.2) is 0 Å². The van der Waals surface area contributed by atoms with Crippen LogP contribution in [0.5, 0.6) is 5.75 Å². The van der Waals surface area contributed by atoms with Crippen LogP contribution in [0, 0.1) is 0 Å². The molecule has 0 unspecified atom stereocenters. The summed E-state index contributed by atoms with van der Waals surface area (Å²) in [6.45, 7) is 4.12. The number of benzene rings is 1. The molecule has 3 nitrogen and oxygen atoms in total. The van der Waals surface area contributed by atoms with E-state index in [1.165, 1.54) is 12.1 Å². The third kappa shape index (κ3) is 3.40. The van der Waals surface area contributed by atoms with Gasteiger partial charge in [-0.1, -0.05) is 6.08 Å². The van der Waals surface area contributed by atoms with Crippen molar-refractivity contribution in [3.8, 4) is 5.75 Å². The van der Waals surface area contributed by atoms with E-state index in [9.17, 15) is 4.79 Å². The molecule has 0 heterocycles. The van der Waals surface area contributed by atoms with Crippen molar-refractivity contribution in [1.29, 1.82) is 0 Å². The van der Waals surface area contributed by atoms with Crippen LogP contribution in [0.4, 0.5) is 0 Å². The molecule has 0 radical (unpaired) electrons. The number of aromatic carboxylic acids is 1. The maximum atomic E-state index is 10.6. The molecule has 0 fully saturated rings. The smallest absolute Gasteiger partial charge is 0.335 e. The van der Waals surface area contributed by atoms with Gasteiger partial charge in [0, 0.05) is 0 Å². The molecule has 0 aliphatic rings. The Labute approximate surface area is 96.5 Å². The lowest BCUT2D eigenvalue weighted by Gasteiger charge is -2.07. The molecule has 0 amide bonds. The molecule has 0 aliphatic carbocycles. The van der Waals surface area contributed by atoms with Gasteiger partial charge in [0.2, 0.25) is 0 Å². The first kappa shape index (κ1) is 11.8. The second-order valence-electron chi connectivity index (χ2n) is 2.88. The van der Waals surface area contributed by atoms with Crippen LogP contribution in [0.3, 0.4) is 0 Å². The molecular weight excluding hydrogens is 260 g/mol. The van der Waals surface area contributed by atoms with E-state index < -0.39 is 5.97 Å². The molecule has 0 saturated heterocycles. The molecule has 1 aromatic rings. The number of hydrogen-bond acceptors (Lipinski definition) is 2. The fourth-order valence-electron chi connectivity index (χ4n) is 1.00. The molecule has 80 valence electrons. The van der Waals surface area contributed by atoms with Crippen molar-refractivity contribution < 1.29 is 14.6 Å². The summed E-state index contributed by atoms with van der Waals surface area (Å²) in [5, 5.41) is 8.74. The molecule has 0 aliphatic heterocycles. The fourth-order valence-corrected chi connectivity index (χ4v) is 1.50. The van der Waals surface area contributed by atoms with Crippen LogP contribution in [0.1, 0.15) is 16.8 Å². The lowest BCUT2D eigenvalue weighted by atomic mass is 10.2. The molecule has 0 spiro atoms. The quantitative estimate of drug-likeness (QED) is 0.661. The summed E-state index contributed by atoms with van der Waals surface area (Å²) >= 11 is 3.25. The molecule has 1 N–H and O–H groups in total. The molecule has 0 aromatic heterocycles. The van der Waals surface area contributed by atoms with Crippen LogP contribution in [0.2, 0.25) is 0 Å². The van der Waals surface area contributed by atoms with Gasteiger partial charge in [0.1, 0.15) is 5.75 Å². The molecule has 1 aromatic carbocycles. The van der Waals surface area contributed by atoms with E-state index >= 15 is 0 Å². The largest absolute Gasteiger partial charge is 0.492 e. The summed E-state index contributed by atoms with van der Waals surface area (Å²) in [6.07, 6.45) is 2.52. The first-order valence-electron chi connectivity index (χ1n) is 4.41. The summed E-state index contributed by atoms with van der Waals surface area (Å²) in [5.74, 6) is -0.310. The number of hydrogen-bond donors (Lipinski definition) is 1. The van der Waals surface area contributed by atoms with E-state index in [1.54, 1.807) is 12.1 Å². The number of halogens is 1. The molecule has 15 heavy (non-hydrogen) atoms. The Morgan fingerprint density at radius 2 is 2.33 bits per heavy atom. The van der Waals surface area contributed by atoms with Gasteiger partial charge in [0.25, 0.3) is 0 Å².